The first-order valence-electron chi connectivity index (χ1n) is 8.51. The lowest BCUT2D eigenvalue weighted by atomic mass is 10.1. The topological polar surface area (TPSA) is 47.6 Å². The van der Waals surface area contributed by atoms with Crippen LogP contribution in [0.25, 0.3) is 0 Å². The summed E-state index contributed by atoms with van der Waals surface area (Å²) in [7, 11) is 0. The predicted octanol–water partition coefficient (Wildman–Crippen LogP) is 4.59. The molecule has 0 aromatic heterocycles. The van der Waals surface area contributed by atoms with Gasteiger partial charge in [-0.2, -0.15) is 0 Å². The molecule has 0 unspecified atom stereocenters. The molecule has 1 N–H and O–H groups in total. The summed E-state index contributed by atoms with van der Waals surface area (Å²) >= 11 is 1.70. The van der Waals surface area contributed by atoms with Gasteiger partial charge in [-0.1, -0.05) is 6.07 Å². The van der Waals surface area contributed by atoms with Crippen LogP contribution in [0.2, 0.25) is 0 Å². The number of aryl methyl sites for hydroxylation is 2. The van der Waals surface area contributed by atoms with Crippen molar-refractivity contribution in [2.75, 3.05) is 24.3 Å². The van der Waals surface area contributed by atoms with E-state index in [0.717, 1.165) is 23.6 Å². The van der Waals surface area contributed by atoms with Gasteiger partial charge in [0.2, 0.25) is 5.91 Å². The van der Waals surface area contributed by atoms with E-state index in [4.69, 9.17) is 9.47 Å². The van der Waals surface area contributed by atoms with Gasteiger partial charge in [0, 0.05) is 35.2 Å². The van der Waals surface area contributed by atoms with Gasteiger partial charge in [0.15, 0.2) is 11.5 Å². The Labute approximate surface area is 152 Å². The number of carbonyl (C=O) groups excluding carboxylic acids is 1. The van der Waals surface area contributed by atoms with Crippen molar-refractivity contribution in [1.29, 1.82) is 0 Å². The minimum absolute atomic E-state index is 0.00539. The molecule has 25 heavy (non-hydrogen) atoms. The molecule has 1 aliphatic rings. The largest absolute Gasteiger partial charge is 0.490 e. The van der Waals surface area contributed by atoms with E-state index in [-0.39, 0.29) is 5.91 Å². The van der Waals surface area contributed by atoms with Crippen molar-refractivity contribution in [2.24, 2.45) is 0 Å². The lowest BCUT2D eigenvalue weighted by Gasteiger charge is -2.10. The molecule has 2 aromatic carbocycles. The number of hydrogen-bond acceptors (Lipinski definition) is 4. The van der Waals surface area contributed by atoms with Crippen molar-refractivity contribution < 1.29 is 14.3 Å². The van der Waals surface area contributed by atoms with E-state index in [1.165, 1.54) is 16.0 Å². The molecular weight excluding hydrogens is 334 g/mol. The molecule has 0 spiro atoms. The number of carbonyl (C=O) groups is 1. The third-order valence-corrected chi connectivity index (χ3v) is 5.10. The number of thioether (sulfide) groups is 1. The summed E-state index contributed by atoms with van der Waals surface area (Å²) in [5.74, 6) is 2.19. The molecule has 1 aliphatic heterocycles. The lowest BCUT2D eigenvalue weighted by molar-refractivity contribution is -0.115. The van der Waals surface area contributed by atoms with Gasteiger partial charge in [0.25, 0.3) is 0 Å². The molecule has 4 nitrogen and oxygen atoms in total. The Morgan fingerprint density at radius 2 is 1.84 bits per heavy atom. The van der Waals surface area contributed by atoms with Gasteiger partial charge in [0.1, 0.15) is 0 Å². The van der Waals surface area contributed by atoms with Crippen LogP contribution in [0.3, 0.4) is 0 Å². The summed E-state index contributed by atoms with van der Waals surface area (Å²) in [5, 5.41) is 2.93. The van der Waals surface area contributed by atoms with E-state index in [1.54, 1.807) is 11.8 Å². The highest BCUT2D eigenvalue weighted by Gasteiger charge is 2.12. The van der Waals surface area contributed by atoms with Crippen molar-refractivity contribution >= 4 is 23.4 Å². The fourth-order valence-corrected chi connectivity index (χ4v) is 3.48. The number of fused-ring (bicyclic) bond motifs is 1. The second-order valence-electron chi connectivity index (χ2n) is 6.10. The summed E-state index contributed by atoms with van der Waals surface area (Å²) in [5.41, 5.74) is 3.31. The number of benzene rings is 2. The van der Waals surface area contributed by atoms with Crippen molar-refractivity contribution in [3.63, 3.8) is 0 Å². The molecule has 0 atom stereocenters. The number of rotatable bonds is 5. The maximum atomic E-state index is 12.2. The fraction of sp³-hybridized carbons (Fsp3) is 0.350. The normalized spacial score (nSPS) is 13.2. The number of ether oxygens (including phenoxy) is 2. The SMILES string of the molecule is Cc1ccc(SCCC(=O)Nc2ccc3c(c2)OCCCO3)cc1C. The maximum absolute atomic E-state index is 12.2. The molecule has 2 aromatic rings. The minimum Gasteiger partial charge on any atom is -0.490 e. The van der Waals surface area contributed by atoms with Crippen LogP contribution in [0.4, 0.5) is 5.69 Å². The molecule has 132 valence electrons. The Morgan fingerprint density at radius 1 is 1.04 bits per heavy atom. The van der Waals surface area contributed by atoms with Crippen LogP contribution in [0, 0.1) is 13.8 Å². The van der Waals surface area contributed by atoms with Gasteiger partial charge in [-0.3, -0.25) is 4.79 Å². The first-order chi connectivity index (χ1) is 12.1. The predicted molar refractivity (Wildman–Crippen MR) is 102 cm³/mol. The zero-order valence-electron chi connectivity index (χ0n) is 14.6. The number of anilines is 1. The highest BCUT2D eigenvalue weighted by molar-refractivity contribution is 7.99. The number of hydrogen-bond donors (Lipinski definition) is 1. The molecule has 0 aliphatic carbocycles. The Kier molecular flexibility index (Phi) is 5.87. The maximum Gasteiger partial charge on any atom is 0.225 e. The molecule has 0 fully saturated rings. The van der Waals surface area contributed by atoms with Gasteiger partial charge in [-0.15, -0.1) is 11.8 Å². The monoisotopic (exact) mass is 357 g/mol. The van der Waals surface area contributed by atoms with Gasteiger partial charge in [-0.05, 0) is 49.2 Å². The average Bonchev–Trinajstić information content (AvgIpc) is 2.83. The van der Waals surface area contributed by atoms with Crippen LogP contribution in [0.1, 0.15) is 24.0 Å². The molecule has 0 radical (unpaired) electrons. The standard InChI is InChI=1S/C20H23NO3S/c1-14-4-6-17(12-15(14)2)25-11-8-20(22)21-16-5-7-18-19(13-16)24-10-3-9-23-18/h4-7,12-13H,3,8-11H2,1-2H3,(H,21,22). The van der Waals surface area contributed by atoms with E-state index in [2.05, 4.69) is 37.4 Å². The van der Waals surface area contributed by atoms with Crippen LogP contribution >= 0.6 is 11.8 Å². The Morgan fingerprint density at radius 3 is 2.64 bits per heavy atom. The zero-order chi connectivity index (χ0) is 17.6. The Hall–Kier alpha value is -2.14. The molecule has 0 saturated carbocycles. The molecule has 0 bridgehead atoms. The molecule has 5 heteroatoms. The molecule has 3 rings (SSSR count). The van der Waals surface area contributed by atoms with Crippen molar-refractivity contribution in [1.82, 2.24) is 0 Å². The van der Waals surface area contributed by atoms with Gasteiger partial charge in [-0.25, -0.2) is 0 Å². The molecule has 0 saturated heterocycles. The fourth-order valence-electron chi connectivity index (χ4n) is 2.53. The van der Waals surface area contributed by atoms with Crippen LogP contribution in [0.5, 0.6) is 11.5 Å². The van der Waals surface area contributed by atoms with Crippen LogP contribution in [0.15, 0.2) is 41.3 Å². The van der Waals surface area contributed by atoms with E-state index < -0.39 is 0 Å². The Balaban J connectivity index is 1.50. The smallest absolute Gasteiger partial charge is 0.225 e. The third-order valence-electron chi connectivity index (χ3n) is 4.11. The van der Waals surface area contributed by atoms with Gasteiger partial charge >= 0.3 is 0 Å². The van der Waals surface area contributed by atoms with E-state index in [0.29, 0.717) is 25.4 Å². The minimum atomic E-state index is 0.00539. The van der Waals surface area contributed by atoms with E-state index in [9.17, 15) is 4.79 Å². The highest BCUT2D eigenvalue weighted by Crippen LogP contribution is 2.32. The van der Waals surface area contributed by atoms with Crippen LogP contribution in [-0.4, -0.2) is 24.9 Å². The van der Waals surface area contributed by atoms with E-state index in [1.807, 2.05) is 18.2 Å². The lowest BCUT2D eigenvalue weighted by Crippen LogP contribution is -2.12. The average molecular weight is 357 g/mol. The summed E-state index contributed by atoms with van der Waals surface area (Å²) in [6.07, 6.45) is 1.33. The van der Waals surface area contributed by atoms with Crippen molar-refractivity contribution in [3.8, 4) is 11.5 Å². The molecular formula is C20H23NO3S. The highest BCUT2D eigenvalue weighted by atomic mass is 32.2. The molecule has 1 amide bonds. The van der Waals surface area contributed by atoms with Gasteiger partial charge < -0.3 is 14.8 Å². The van der Waals surface area contributed by atoms with Crippen molar-refractivity contribution in [3.05, 3.63) is 47.5 Å². The number of nitrogens with one attached hydrogen (secondary N) is 1. The second-order valence-corrected chi connectivity index (χ2v) is 7.27. The summed E-state index contributed by atoms with van der Waals surface area (Å²) in [4.78, 5) is 13.4. The third kappa shape index (κ3) is 4.92. The zero-order valence-corrected chi connectivity index (χ0v) is 15.4. The van der Waals surface area contributed by atoms with Crippen LogP contribution < -0.4 is 14.8 Å². The summed E-state index contributed by atoms with van der Waals surface area (Å²) in [6.45, 7) is 5.51. The second kappa shape index (κ2) is 8.30. The first kappa shape index (κ1) is 17.7. The quantitative estimate of drug-likeness (QED) is 0.796. The molecule has 1 heterocycles. The van der Waals surface area contributed by atoms with E-state index >= 15 is 0 Å². The Bertz CT molecular complexity index is 761. The van der Waals surface area contributed by atoms with Crippen LogP contribution in [-0.2, 0) is 4.79 Å². The van der Waals surface area contributed by atoms with Gasteiger partial charge in [0.05, 0.1) is 13.2 Å². The summed E-state index contributed by atoms with van der Waals surface area (Å²) < 4.78 is 11.2. The number of amides is 1. The summed E-state index contributed by atoms with van der Waals surface area (Å²) in [6, 6.07) is 11.9. The van der Waals surface area contributed by atoms with Crippen molar-refractivity contribution in [2.45, 2.75) is 31.6 Å². The first-order valence-corrected chi connectivity index (χ1v) is 9.50.